The third-order valence-corrected chi connectivity index (χ3v) is 3.70. The van der Waals surface area contributed by atoms with Crippen LogP contribution in [-0.2, 0) is 13.0 Å². The maximum absolute atomic E-state index is 12.4. The predicted octanol–water partition coefficient (Wildman–Crippen LogP) is 2.42. The van der Waals surface area contributed by atoms with Crippen molar-refractivity contribution in [2.45, 2.75) is 25.9 Å². The van der Waals surface area contributed by atoms with Gasteiger partial charge in [-0.05, 0) is 49.2 Å². The van der Waals surface area contributed by atoms with Crippen molar-refractivity contribution in [1.29, 1.82) is 0 Å². The fourth-order valence-corrected chi connectivity index (χ4v) is 2.63. The third-order valence-electron chi connectivity index (χ3n) is 3.70. The van der Waals surface area contributed by atoms with Gasteiger partial charge in [0.1, 0.15) is 5.76 Å². The van der Waals surface area contributed by atoms with E-state index in [0.29, 0.717) is 0 Å². The highest BCUT2D eigenvalue weighted by Crippen LogP contribution is 2.20. The molecule has 0 aliphatic carbocycles. The van der Waals surface area contributed by atoms with E-state index in [1.165, 1.54) is 5.56 Å². The molecule has 1 amide bonds. The van der Waals surface area contributed by atoms with Crippen molar-refractivity contribution in [2.75, 3.05) is 6.54 Å². The summed E-state index contributed by atoms with van der Waals surface area (Å²) in [5, 5.41) is 6.32. The Bertz CT molecular complexity index is 605. The minimum Gasteiger partial charge on any atom is -0.467 e. The van der Waals surface area contributed by atoms with Gasteiger partial charge >= 0.3 is 0 Å². The van der Waals surface area contributed by atoms with E-state index in [-0.39, 0.29) is 11.9 Å². The lowest BCUT2D eigenvalue weighted by molar-refractivity contribution is 0.0934. The molecule has 1 aliphatic rings. The van der Waals surface area contributed by atoms with Gasteiger partial charge in [0.25, 0.3) is 5.91 Å². The number of carbonyl (C=O) groups excluding carboxylic acids is 1. The number of amides is 1. The van der Waals surface area contributed by atoms with Crippen LogP contribution in [0.1, 0.15) is 40.2 Å². The lowest BCUT2D eigenvalue weighted by Crippen LogP contribution is -2.30. The van der Waals surface area contributed by atoms with Gasteiger partial charge in [0.05, 0.1) is 12.3 Å². The van der Waals surface area contributed by atoms with Crippen LogP contribution in [0.4, 0.5) is 0 Å². The quantitative estimate of drug-likeness (QED) is 0.900. The van der Waals surface area contributed by atoms with Gasteiger partial charge in [0.2, 0.25) is 0 Å². The zero-order chi connectivity index (χ0) is 13.9. The SMILES string of the molecule is CC(NC(=O)c1cccc2c1CCNC2)c1ccco1. The van der Waals surface area contributed by atoms with Crippen LogP contribution in [0.15, 0.2) is 41.0 Å². The first-order valence-electron chi connectivity index (χ1n) is 6.91. The number of furan rings is 1. The molecule has 1 atom stereocenters. The summed E-state index contributed by atoms with van der Waals surface area (Å²) in [4.78, 5) is 12.4. The lowest BCUT2D eigenvalue weighted by Gasteiger charge is -2.20. The Balaban J connectivity index is 1.81. The number of fused-ring (bicyclic) bond motifs is 1. The maximum Gasteiger partial charge on any atom is 0.252 e. The van der Waals surface area contributed by atoms with Crippen LogP contribution in [0.5, 0.6) is 0 Å². The standard InChI is InChI=1S/C16H18N2O2/c1-11(15-6-3-9-20-15)18-16(19)14-5-2-4-12-10-17-8-7-13(12)14/h2-6,9,11,17H,7-8,10H2,1H3,(H,18,19). The van der Waals surface area contributed by atoms with Crippen molar-refractivity contribution >= 4 is 5.91 Å². The second kappa shape index (κ2) is 5.51. The van der Waals surface area contributed by atoms with Crippen LogP contribution < -0.4 is 10.6 Å². The zero-order valence-corrected chi connectivity index (χ0v) is 11.5. The first-order valence-corrected chi connectivity index (χ1v) is 6.91. The molecule has 4 heteroatoms. The maximum atomic E-state index is 12.4. The molecule has 0 spiro atoms. The van der Waals surface area contributed by atoms with E-state index in [4.69, 9.17) is 4.42 Å². The summed E-state index contributed by atoms with van der Waals surface area (Å²) < 4.78 is 5.32. The van der Waals surface area contributed by atoms with Crippen molar-refractivity contribution in [3.8, 4) is 0 Å². The molecule has 3 rings (SSSR count). The molecule has 0 bridgehead atoms. The van der Waals surface area contributed by atoms with Crippen molar-refractivity contribution in [3.05, 3.63) is 59.0 Å². The van der Waals surface area contributed by atoms with Gasteiger partial charge in [-0.15, -0.1) is 0 Å². The Hall–Kier alpha value is -2.07. The van der Waals surface area contributed by atoms with E-state index in [9.17, 15) is 4.79 Å². The number of nitrogens with one attached hydrogen (secondary N) is 2. The van der Waals surface area contributed by atoms with Gasteiger partial charge in [0, 0.05) is 12.1 Å². The van der Waals surface area contributed by atoms with Crippen molar-refractivity contribution < 1.29 is 9.21 Å². The topological polar surface area (TPSA) is 54.3 Å². The molecular formula is C16H18N2O2. The molecule has 2 N–H and O–H groups in total. The Morgan fingerprint density at radius 1 is 1.35 bits per heavy atom. The van der Waals surface area contributed by atoms with E-state index in [2.05, 4.69) is 16.7 Å². The molecule has 2 heterocycles. The fourth-order valence-electron chi connectivity index (χ4n) is 2.63. The molecular weight excluding hydrogens is 252 g/mol. The average Bonchev–Trinajstić information content (AvgIpc) is 3.01. The van der Waals surface area contributed by atoms with Gasteiger partial charge in [-0.3, -0.25) is 4.79 Å². The molecule has 4 nitrogen and oxygen atoms in total. The molecule has 1 aromatic carbocycles. The molecule has 1 aromatic heterocycles. The van der Waals surface area contributed by atoms with Gasteiger partial charge < -0.3 is 15.1 Å². The van der Waals surface area contributed by atoms with Crippen LogP contribution in [0.25, 0.3) is 0 Å². The summed E-state index contributed by atoms with van der Waals surface area (Å²) in [7, 11) is 0. The fraction of sp³-hybridized carbons (Fsp3) is 0.312. The number of rotatable bonds is 3. The smallest absolute Gasteiger partial charge is 0.252 e. The highest BCUT2D eigenvalue weighted by atomic mass is 16.3. The van der Waals surface area contributed by atoms with Crippen LogP contribution >= 0.6 is 0 Å². The lowest BCUT2D eigenvalue weighted by atomic mass is 9.95. The monoisotopic (exact) mass is 270 g/mol. The van der Waals surface area contributed by atoms with Gasteiger partial charge in [0.15, 0.2) is 0 Å². The predicted molar refractivity (Wildman–Crippen MR) is 76.4 cm³/mol. The number of hydrogen-bond acceptors (Lipinski definition) is 3. The minimum atomic E-state index is -0.130. The number of benzene rings is 1. The third kappa shape index (κ3) is 2.47. The zero-order valence-electron chi connectivity index (χ0n) is 11.5. The molecule has 0 saturated carbocycles. The number of carbonyl (C=O) groups is 1. The van der Waals surface area contributed by atoms with Crippen molar-refractivity contribution in [3.63, 3.8) is 0 Å². The largest absolute Gasteiger partial charge is 0.467 e. The van der Waals surface area contributed by atoms with E-state index < -0.39 is 0 Å². The Morgan fingerprint density at radius 2 is 2.25 bits per heavy atom. The molecule has 0 fully saturated rings. The summed E-state index contributed by atoms with van der Waals surface area (Å²) in [6.45, 7) is 3.68. The molecule has 2 aromatic rings. The van der Waals surface area contributed by atoms with Crippen LogP contribution in [0.2, 0.25) is 0 Å². The Morgan fingerprint density at radius 3 is 3.05 bits per heavy atom. The summed E-state index contributed by atoms with van der Waals surface area (Å²) in [5.41, 5.74) is 3.16. The normalized spacial score (nSPS) is 15.4. The van der Waals surface area contributed by atoms with E-state index in [0.717, 1.165) is 36.4 Å². The summed E-state index contributed by atoms with van der Waals surface area (Å²) in [5.74, 6) is 0.734. The van der Waals surface area contributed by atoms with Gasteiger partial charge in [-0.25, -0.2) is 0 Å². The molecule has 0 radical (unpaired) electrons. The van der Waals surface area contributed by atoms with E-state index >= 15 is 0 Å². The number of hydrogen-bond donors (Lipinski definition) is 2. The molecule has 1 aliphatic heterocycles. The molecule has 1 unspecified atom stereocenters. The first kappa shape index (κ1) is 12.9. The Labute approximate surface area is 118 Å². The summed E-state index contributed by atoms with van der Waals surface area (Å²) >= 11 is 0. The second-order valence-electron chi connectivity index (χ2n) is 5.08. The first-order chi connectivity index (χ1) is 9.75. The summed E-state index contributed by atoms with van der Waals surface area (Å²) in [6, 6.07) is 9.49. The average molecular weight is 270 g/mol. The second-order valence-corrected chi connectivity index (χ2v) is 5.08. The van der Waals surface area contributed by atoms with Gasteiger partial charge in [-0.1, -0.05) is 12.1 Å². The van der Waals surface area contributed by atoms with Crippen molar-refractivity contribution in [2.24, 2.45) is 0 Å². The van der Waals surface area contributed by atoms with E-state index in [1.54, 1.807) is 6.26 Å². The van der Waals surface area contributed by atoms with Crippen molar-refractivity contribution in [1.82, 2.24) is 10.6 Å². The van der Waals surface area contributed by atoms with Gasteiger partial charge in [-0.2, -0.15) is 0 Å². The molecule has 104 valence electrons. The highest BCUT2D eigenvalue weighted by Gasteiger charge is 2.19. The molecule has 20 heavy (non-hydrogen) atoms. The van der Waals surface area contributed by atoms with Crippen LogP contribution in [0, 0.1) is 0 Å². The van der Waals surface area contributed by atoms with Crippen LogP contribution in [-0.4, -0.2) is 12.5 Å². The molecule has 0 saturated heterocycles. The highest BCUT2D eigenvalue weighted by molar-refractivity contribution is 5.96. The summed E-state index contributed by atoms with van der Waals surface area (Å²) in [6.07, 6.45) is 2.52. The Kier molecular flexibility index (Phi) is 3.56. The van der Waals surface area contributed by atoms with E-state index in [1.807, 2.05) is 31.2 Å². The minimum absolute atomic E-state index is 0.0346. The van der Waals surface area contributed by atoms with Crippen LogP contribution in [0.3, 0.4) is 0 Å².